The quantitative estimate of drug-likeness (QED) is 0.220. The number of halogens is 1. The van der Waals surface area contributed by atoms with Crippen molar-refractivity contribution in [2.45, 2.75) is 38.8 Å². The van der Waals surface area contributed by atoms with Gasteiger partial charge in [0.2, 0.25) is 11.9 Å². The van der Waals surface area contributed by atoms with Gasteiger partial charge >= 0.3 is 0 Å². The summed E-state index contributed by atoms with van der Waals surface area (Å²) in [6, 6.07) is 8.42. The van der Waals surface area contributed by atoms with E-state index in [1.54, 1.807) is 32.6 Å². The summed E-state index contributed by atoms with van der Waals surface area (Å²) in [5, 5.41) is 7.98. The maximum Gasteiger partial charge on any atom is 0.229 e. The van der Waals surface area contributed by atoms with Gasteiger partial charge in [-0.15, -0.1) is 0 Å². The van der Waals surface area contributed by atoms with E-state index in [0.717, 1.165) is 82.5 Å². The second-order valence-electron chi connectivity index (χ2n) is 11.7. The number of hydrogen-bond donors (Lipinski definition) is 2. The summed E-state index contributed by atoms with van der Waals surface area (Å²) in [6.45, 7) is 11.7. The van der Waals surface area contributed by atoms with Crippen LogP contribution in [0.25, 0.3) is 11.0 Å². The molecule has 0 atom stereocenters. The van der Waals surface area contributed by atoms with Crippen LogP contribution >= 0.6 is 23.9 Å². The lowest BCUT2D eigenvalue weighted by atomic mass is 10.0. The van der Waals surface area contributed by atoms with E-state index in [1.165, 1.54) is 0 Å². The summed E-state index contributed by atoms with van der Waals surface area (Å²) in [6.07, 6.45) is 7.20. The molecular weight excluding hydrogens is 655 g/mol. The average Bonchev–Trinajstić information content (AvgIpc) is 2.99. The highest BCUT2D eigenvalue weighted by Gasteiger charge is 2.35. The molecule has 4 heterocycles. The maximum atomic E-state index is 11.5. The Morgan fingerprint density at radius 1 is 1.02 bits per heavy atom. The minimum absolute atomic E-state index is 0.133. The van der Waals surface area contributed by atoms with Gasteiger partial charge < -0.3 is 25.0 Å². The summed E-state index contributed by atoms with van der Waals surface area (Å²) >= 11 is 3.61. The highest BCUT2D eigenvalue weighted by Crippen LogP contribution is 2.37. The van der Waals surface area contributed by atoms with Crippen molar-refractivity contribution in [3.05, 3.63) is 52.9 Å². The maximum absolute atomic E-state index is 11.5. The van der Waals surface area contributed by atoms with E-state index < -0.39 is 7.92 Å². The average molecular weight is 694 g/mol. The first-order chi connectivity index (χ1) is 21.7. The number of aromatic nitrogens is 4. The van der Waals surface area contributed by atoms with Crippen LogP contribution in [-0.4, -0.2) is 94.4 Å². The molecule has 0 bridgehead atoms. The highest BCUT2D eigenvalue weighted by molar-refractivity contribution is 9.10. The minimum atomic E-state index is -0.480. The van der Waals surface area contributed by atoms with Gasteiger partial charge in [-0.3, -0.25) is 19.7 Å². The molecule has 2 saturated heterocycles. The largest absolute Gasteiger partial charge is 0.494 e. The van der Waals surface area contributed by atoms with Gasteiger partial charge in [-0.1, -0.05) is 7.92 Å². The van der Waals surface area contributed by atoms with Crippen molar-refractivity contribution in [3.8, 4) is 11.5 Å². The number of aryl methyl sites for hydroxylation is 1. The van der Waals surface area contributed by atoms with E-state index in [2.05, 4.69) is 59.7 Å². The van der Waals surface area contributed by atoms with Crippen molar-refractivity contribution in [2.75, 3.05) is 57.3 Å². The molecule has 1 amide bonds. The Labute approximate surface area is 273 Å². The zero-order valence-electron chi connectivity index (χ0n) is 26.2. The minimum Gasteiger partial charge on any atom is -0.494 e. The fourth-order valence-electron chi connectivity index (χ4n) is 5.88. The SMILES string of the molecule is COc1cc(OC2CCN(C3CN(C(C)=O)C3)CC2)c(C)cc1Nc1ncc(Br)c(Nc2ccc3nccnc3c2P(C)C)n1. The molecule has 0 spiro atoms. The van der Waals surface area contributed by atoms with Crippen LogP contribution in [0.15, 0.2) is 47.3 Å². The number of benzene rings is 2. The Kier molecular flexibility index (Phi) is 9.35. The van der Waals surface area contributed by atoms with Crippen molar-refractivity contribution < 1.29 is 14.3 Å². The topological polar surface area (TPSA) is 118 Å². The molecule has 2 aliphatic rings. The number of rotatable bonds is 9. The van der Waals surface area contributed by atoms with Crippen molar-refractivity contribution in [1.29, 1.82) is 0 Å². The zero-order valence-corrected chi connectivity index (χ0v) is 28.7. The first-order valence-corrected chi connectivity index (χ1v) is 18.1. The summed E-state index contributed by atoms with van der Waals surface area (Å²) in [7, 11) is 1.17. The van der Waals surface area contributed by atoms with Crippen LogP contribution in [0.2, 0.25) is 0 Å². The number of nitrogens with one attached hydrogen (secondary N) is 2. The summed E-state index contributed by atoms with van der Waals surface area (Å²) < 4.78 is 13.0. The number of amides is 1. The van der Waals surface area contributed by atoms with Gasteiger partial charge in [0.25, 0.3) is 0 Å². The lowest BCUT2D eigenvalue weighted by Crippen LogP contribution is -2.62. The fraction of sp³-hybridized carbons (Fsp3) is 0.406. The van der Waals surface area contributed by atoms with E-state index in [4.69, 9.17) is 14.5 Å². The normalized spacial score (nSPS) is 16.1. The van der Waals surface area contributed by atoms with Crippen molar-refractivity contribution >= 4 is 69.2 Å². The lowest BCUT2D eigenvalue weighted by Gasteiger charge is -2.47. The summed E-state index contributed by atoms with van der Waals surface area (Å²) in [4.78, 5) is 34.3. The molecule has 13 heteroatoms. The Balaban J connectivity index is 1.15. The first-order valence-electron chi connectivity index (χ1n) is 15.0. The van der Waals surface area contributed by atoms with Crippen molar-refractivity contribution in [2.24, 2.45) is 0 Å². The number of carbonyl (C=O) groups is 1. The van der Waals surface area contributed by atoms with Gasteiger partial charge in [-0.2, -0.15) is 4.98 Å². The smallest absolute Gasteiger partial charge is 0.229 e. The number of carbonyl (C=O) groups excluding carboxylic acids is 1. The molecule has 6 rings (SSSR count). The van der Waals surface area contributed by atoms with Crippen molar-refractivity contribution in [3.63, 3.8) is 0 Å². The van der Waals surface area contributed by atoms with Crippen molar-refractivity contribution in [1.82, 2.24) is 29.7 Å². The third kappa shape index (κ3) is 6.83. The van der Waals surface area contributed by atoms with Gasteiger partial charge in [0.05, 0.1) is 28.3 Å². The van der Waals surface area contributed by atoms with Crippen LogP contribution in [-0.2, 0) is 4.79 Å². The van der Waals surface area contributed by atoms with Crippen LogP contribution < -0.4 is 25.4 Å². The molecule has 2 aliphatic heterocycles. The fourth-order valence-corrected chi connectivity index (χ4v) is 7.38. The van der Waals surface area contributed by atoms with E-state index in [0.29, 0.717) is 23.6 Å². The van der Waals surface area contributed by atoms with Crippen LogP contribution in [0.3, 0.4) is 0 Å². The third-order valence-corrected chi connectivity index (χ3v) is 10.3. The Bertz CT molecular complexity index is 1710. The lowest BCUT2D eigenvalue weighted by molar-refractivity contribution is -0.136. The van der Waals surface area contributed by atoms with Crippen LogP contribution in [0.4, 0.5) is 23.1 Å². The molecule has 0 unspecified atom stereocenters. The Morgan fingerprint density at radius 3 is 2.49 bits per heavy atom. The van der Waals surface area contributed by atoms with E-state index in [-0.39, 0.29) is 12.0 Å². The third-order valence-electron chi connectivity index (χ3n) is 8.40. The molecule has 236 valence electrons. The molecule has 0 radical (unpaired) electrons. The van der Waals surface area contributed by atoms with Crippen LogP contribution in [0, 0.1) is 6.92 Å². The molecule has 2 aromatic carbocycles. The van der Waals surface area contributed by atoms with Crippen LogP contribution in [0.5, 0.6) is 11.5 Å². The van der Waals surface area contributed by atoms with E-state index in [1.807, 2.05) is 36.1 Å². The van der Waals surface area contributed by atoms with Gasteiger partial charge in [0, 0.05) is 74.8 Å². The standard InChI is InChI=1S/C32H38BrN8O3P/c1-19-14-26(28(43-3)15-27(19)44-22-8-12-40(13-9-22)21-17-41(18-21)20(2)42)38-32-36-16-23(33)31(39-32)37-25-7-6-24-29(30(25)45(4)5)35-11-10-34-24/h6-7,10-11,14-16,21-22H,8-9,12-13,17-18H2,1-5H3,(H2,36,37,38,39). The van der Waals surface area contributed by atoms with Gasteiger partial charge in [-0.25, -0.2) is 4.98 Å². The predicted molar refractivity (Wildman–Crippen MR) is 183 cm³/mol. The van der Waals surface area contributed by atoms with Gasteiger partial charge in [-0.05, 0) is 72.8 Å². The summed E-state index contributed by atoms with van der Waals surface area (Å²) in [5.41, 5.74) is 4.45. The molecule has 0 aliphatic carbocycles. The van der Waals surface area contributed by atoms with Gasteiger partial charge in [0.15, 0.2) is 0 Å². The summed E-state index contributed by atoms with van der Waals surface area (Å²) in [5.74, 6) is 2.67. The Hall–Kier alpha value is -3.60. The molecule has 2 aromatic heterocycles. The molecule has 45 heavy (non-hydrogen) atoms. The number of anilines is 4. The number of ether oxygens (including phenoxy) is 2. The molecule has 4 aromatic rings. The first kappa shape index (κ1) is 31.4. The Morgan fingerprint density at radius 2 is 1.78 bits per heavy atom. The zero-order chi connectivity index (χ0) is 31.7. The van der Waals surface area contributed by atoms with Crippen LogP contribution in [0.1, 0.15) is 25.3 Å². The van der Waals surface area contributed by atoms with E-state index in [9.17, 15) is 4.79 Å². The molecule has 2 fully saturated rings. The number of likely N-dealkylation sites (tertiary alicyclic amines) is 2. The predicted octanol–water partition coefficient (Wildman–Crippen LogP) is 5.43. The number of piperidine rings is 1. The number of hydrogen-bond acceptors (Lipinski definition) is 10. The highest BCUT2D eigenvalue weighted by atomic mass is 79.9. The monoisotopic (exact) mass is 692 g/mol. The second-order valence-corrected chi connectivity index (χ2v) is 14.8. The van der Waals surface area contributed by atoms with Gasteiger partial charge in [0.1, 0.15) is 23.4 Å². The number of fused-ring (bicyclic) bond motifs is 1. The second kappa shape index (κ2) is 13.4. The number of methoxy groups -OCH3 is 1. The molecule has 11 nitrogen and oxygen atoms in total. The number of nitrogens with zero attached hydrogens (tertiary/aromatic N) is 6. The molecule has 0 saturated carbocycles. The molecular formula is C32H38BrN8O3P. The van der Waals surface area contributed by atoms with E-state index >= 15 is 0 Å². The molecule has 2 N–H and O–H groups in total.